The summed E-state index contributed by atoms with van der Waals surface area (Å²) < 4.78 is 10.6. The number of hydrogen-bond donors (Lipinski definition) is 1. The van der Waals surface area contributed by atoms with Crippen molar-refractivity contribution in [3.63, 3.8) is 0 Å². The van der Waals surface area contributed by atoms with Gasteiger partial charge in [-0.2, -0.15) is 0 Å². The molecule has 0 radical (unpaired) electrons. The zero-order valence-electron chi connectivity index (χ0n) is 15.7. The molecule has 5 nitrogen and oxygen atoms in total. The number of ether oxygens (including phenoxy) is 2. The van der Waals surface area contributed by atoms with E-state index in [1.54, 1.807) is 12.1 Å². The first-order valence-electron chi connectivity index (χ1n) is 8.55. The molecule has 0 aliphatic rings. The Kier molecular flexibility index (Phi) is 6.78. The molecule has 1 heterocycles. The highest BCUT2D eigenvalue weighted by Crippen LogP contribution is 2.30. The Balaban J connectivity index is 2.08. The van der Waals surface area contributed by atoms with E-state index in [4.69, 9.17) is 9.47 Å². The van der Waals surface area contributed by atoms with Crippen molar-refractivity contribution < 1.29 is 19.4 Å². The monoisotopic (exact) mass is 355 g/mol. The van der Waals surface area contributed by atoms with E-state index in [1.807, 2.05) is 13.0 Å². The first-order chi connectivity index (χ1) is 12.4. The molecule has 0 unspecified atom stereocenters. The molecule has 26 heavy (non-hydrogen) atoms. The lowest BCUT2D eigenvalue weighted by atomic mass is 10.1. The van der Waals surface area contributed by atoms with Crippen LogP contribution in [0.5, 0.6) is 11.5 Å². The number of hydrogen-bond acceptors (Lipinski definition) is 5. The maximum absolute atomic E-state index is 12.3. The lowest BCUT2D eigenvalue weighted by Gasteiger charge is -2.09. The number of aromatic nitrogens is 1. The summed E-state index contributed by atoms with van der Waals surface area (Å²) in [6.45, 7) is 6.34. The Bertz CT molecular complexity index is 848. The van der Waals surface area contributed by atoms with Gasteiger partial charge in [0.1, 0.15) is 23.6 Å². The van der Waals surface area contributed by atoms with Crippen molar-refractivity contribution in [2.75, 3.05) is 13.7 Å². The quantitative estimate of drug-likeness (QED) is 0.571. The van der Waals surface area contributed by atoms with Crippen LogP contribution < -0.4 is 4.74 Å². The van der Waals surface area contributed by atoms with E-state index in [1.165, 1.54) is 24.8 Å². The number of carbonyl (C=O) groups is 1. The number of carbonyl (C=O) groups excluding carboxylic acids is 1. The van der Waals surface area contributed by atoms with Crippen LogP contribution in [0.4, 0.5) is 0 Å². The summed E-state index contributed by atoms with van der Waals surface area (Å²) in [5.41, 5.74) is 2.87. The van der Waals surface area contributed by atoms with Crippen molar-refractivity contribution in [2.24, 2.45) is 0 Å². The third kappa shape index (κ3) is 5.09. The minimum atomic E-state index is -0.554. The SMILES string of the molecule is COc1cc(C(=O)OC/C=C(\C)CCC=C(C)C)nc2c(O)cccc12. The van der Waals surface area contributed by atoms with Crippen LogP contribution in [0.15, 0.2) is 47.6 Å². The number of allylic oxidation sites excluding steroid dienone is 3. The number of benzene rings is 1. The van der Waals surface area contributed by atoms with Gasteiger partial charge < -0.3 is 14.6 Å². The van der Waals surface area contributed by atoms with Crippen LogP contribution in [0.3, 0.4) is 0 Å². The average molecular weight is 355 g/mol. The number of methoxy groups -OCH3 is 1. The largest absolute Gasteiger partial charge is 0.506 e. The van der Waals surface area contributed by atoms with Crippen molar-refractivity contribution in [3.8, 4) is 11.5 Å². The highest BCUT2D eigenvalue weighted by atomic mass is 16.5. The van der Waals surface area contributed by atoms with Gasteiger partial charge >= 0.3 is 5.97 Å². The van der Waals surface area contributed by atoms with Gasteiger partial charge in [0.05, 0.1) is 7.11 Å². The van der Waals surface area contributed by atoms with Gasteiger partial charge in [-0.25, -0.2) is 9.78 Å². The van der Waals surface area contributed by atoms with E-state index >= 15 is 0 Å². The minimum absolute atomic E-state index is 0.00883. The molecule has 0 atom stereocenters. The van der Waals surface area contributed by atoms with Gasteiger partial charge in [-0.3, -0.25) is 0 Å². The summed E-state index contributed by atoms with van der Waals surface area (Å²) in [5.74, 6) is -0.0986. The van der Waals surface area contributed by atoms with E-state index in [0.717, 1.165) is 18.4 Å². The fourth-order valence-corrected chi connectivity index (χ4v) is 2.50. The molecule has 0 aliphatic heterocycles. The second-order valence-electron chi connectivity index (χ2n) is 6.35. The number of pyridine rings is 1. The molecule has 0 saturated heterocycles. The number of para-hydroxylation sites is 1. The van der Waals surface area contributed by atoms with E-state index in [-0.39, 0.29) is 18.1 Å². The molecule has 138 valence electrons. The first kappa shape index (κ1) is 19.5. The zero-order chi connectivity index (χ0) is 19.1. The summed E-state index contributed by atoms with van der Waals surface area (Å²) in [5, 5.41) is 10.6. The van der Waals surface area contributed by atoms with E-state index in [9.17, 15) is 9.90 Å². The number of esters is 1. The summed E-state index contributed by atoms with van der Waals surface area (Å²) >= 11 is 0. The number of nitrogens with zero attached hydrogens (tertiary/aromatic N) is 1. The summed E-state index contributed by atoms with van der Waals surface area (Å²) in [6.07, 6.45) is 5.98. The van der Waals surface area contributed by atoms with Crippen LogP contribution in [0, 0.1) is 0 Å². The highest BCUT2D eigenvalue weighted by Gasteiger charge is 2.15. The minimum Gasteiger partial charge on any atom is -0.506 e. The summed E-state index contributed by atoms with van der Waals surface area (Å²) in [7, 11) is 1.51. The predicted molar refractivity (Wildman–Crippen MR) is 103 cm³/mol. The Hall–Kier alpha value is -2.82. The number of phenols is 1. The standard InChI is InChI=1S/C21H25NO4/c1-14(2)7-5-8-15(3)11-12-26-21(24)17-13-19(25-4)16-9-6-10-18(23)20(16)22-17/h6-7,9-11,13,23H,5,8,12H2,1-4H3/b15-11+. The van der Waals surface area contributed by atoms with Crippen LogP contribution in [0.1, 0.15) is 44.1 Å². The fourth-order valence-electron chi connectivity index (χ4n) is 2.50. The van der Waals surface area contributed by atoms with Crippen molar-refractivity contribution in [1.82, 2.24) is 4.98 Å². The number of rotatable bonds is 7. The molecular weight excluding hydrogens is 330 g/mol. The van der Waals surface area contributed by atoms with E-state index < -0.39 is 5.97 Å². The van der Waals surface area contributed by atoms with Crippen LogP contribution >= 0.6 is 0 Å². The summed E-state index contributed by atoms with van der Waals surface area (Å²) in [6, 6.07) is 6.51. The zero-order valence-corrected chi connectivity index (χ0v) is 15.7. The molecule has 0 aliphatic carbocycles. The Morgan fingerprint density at radius 2 is 2.00 bits per heavy atom. The molecule has 0 spiro atoms. The molecule has 5 heteroatoms. The summed E-state index contributed by atoms with van der Waals surface area (Å²) in [4.78, 5) is 16.5. The number of aromatic hydroxyl groups is 1. The second-order valence-corrected chi connectivity index (χ2v) is 6.35. The van der Waals surface area contributed by atoms with Crippen molar-refractivity contribution in [3.05, 3.63) is 53.3 Å². The molecule has 1 N–H and O–H groups in total. The van der Waals surface area contributed by atoms with E-state index in [2.05, 4.69) is 24.9 Å². The molecule has 0 bridgehead atoms. The molecule has 0 fully saturated rings. The van der Waals surface area contributed by atoms with Gasteiger partial charge in [0.2, 0.25) is 0 Å². The van der Waals surface area contributed by atoms with Gasteiger partial charge in [-0.1, -0.05) is 23.3 Å². The number of phenolic OH excluding ortho intramolecular Hbond substituents is 1. The maximum Gasteiger partial charge on any atom is 0.357 e. The predicted octanol–water partition coefficient (Wildman–Crippen LogP) is 4.80. The van der Waals surface area contributed by atoms with Crippen LogP contribution in [-0.4, -0.2) is 29.8 Å². The molecule has 0 amide bonds. The lowest BCUT2D eigenvalue weighted by Crippen LogP contribution is -2.08. The van der Waals surface area contributed by atoms with Crippen LogP contribution in [0.2, 0.25) is 0 Å². The maximum atomic E-state index is 12.3. The normalized spacial score (nSPS) is 11.3. The first-order valence-corrected chi connectivity index (χ1v) is 8.55. The van der Waals surface area contributed by atoms with Gasteiger partial charge in [-0.05, 0) is 51.8 Å². The van der Waals surface area contributed by atoms with Gasteiger partial charge in [0.25, 0.3) is 0 Å². The Morgan fingerprint density at radius 1 is 1.23 bits per heavy atom. The second kappa shape index (κ2) is 9.04. The average Bonchev–Trinajstić information content (AvgIpc) is 2.60. The molecule has 0 saturated carbocycles. The Morgan fingerprint density at radius 3 is 2.69 bits per heavy atom. The topological polar surface area (TPSA) is 68.7 Å². The molecule has 1 aromatic carbocycles. The van der Waals surface area contributed by atoms with Crippen molar-refractivity contribution in [1.29, 1.82) is 0 Å². The number of fused-ring (bicyclic) bond motifs is 1. The third-order valence-electron chi connectivity index (χ3n) is 3.95. The van der Waals surface area contributed by atoms with Gasteiger partial charge in [0, 0.05) is 11.5 Å². The lowest BCUT2D eigenvalue weighted by molar-refractivity contribution is 0.0542. The smallest absolute Gasteiger partial charge is 0.357 e. The third-order valence-corrected chi connectivity index (χ3v) is 3.95. The van der Waals surface area contributed by atoms with Crippen LogP contribution in [0.25, 0.3) is 10.9 Å². The molecule has 1 aromatic heterocycles. The highest BCUT2D eigenvalue weighted by molar-refractivity contribution is 5.96. The van der Waals surface area contributed by atoms with Gasteiger partial charge in [-0.15, -0.1) is 0 Å². The van der Waals surface area contributed by atoms with Crippen molar-refractivity contribution >= 4 is 16.9 Å². The molecule has 2 rings (SSSR count). The Labute approximate surface area is 154 Å². The fraction of sp³-hybridized carbons (Fsp3) is 0.333. The molecule has 2 aromatic rings. The van der Waals surface area contributed by atoms with Gasteiger partial charge in [0.15, 0.2) is 5.69 Å². The van der Waals surface area contributed by atoms with Crippen molar-refractivity contribution in [2.45, 2.75) is 33.6 Å². The van der Waals surface area contributed by atoms with E-state index in [0.29, 0.717) is 16.7 Å². The van der Waals surface area contributed by atoms with Crippen LogP contribution in [-0.2, 0) is 4.74 Å². The molecular formula is C21H25NO4.